The van der Waals surface area contributed by atoms with Gasteiger partial charge in [-0.1, -0.05) is 66.2 Å². The van der Waals surface area contributed by atoms with Gasteiger partial charge in [-0.05, 0) is 105 Å². The van der Waals surface area contributed by atoms with Crippen molar-refractivity contribution in [2.45, 2.75) is 51.4 Å². The maximum Gasteiger partial charge on any atom is 0.251 e. The largest absolute Gasteiger partial charge is 0.352 e. The minimum atomic E-state index is -0.00252. The quantitative estimate of drug-likeness (QED) is 0.138. The Morgan fingerprint density at radius 3 is 2.40 bits per heavy atom. The molecule has 5 heteroatoms. The summed E-state index contributed by atoms with van der Waals surface area (Å²) in [7, 11) is 1.77. The fraction of sp³-hybridized carbons (Fsp3) is 0.395. The SMILES string of the molecule is C=C(C)CCC1CN=C(C2CCN(CCCCNC(=O)c3ccc(-c4ccc(C=NC)cc4)cc3)CC2)c2ccccc21. The summed E-state index contributed by atoms with van der Waals surface area (Å²) in [6, 6.07) is 25.1. The van der Waals surface area contributed by atoms with Crippen LogP contribution in [0.4, 0.5) is 0 Å². The molecule has 1 N–H and O–H groups in total. The first-order valence-electron chi connectivity index (χ1n) is 15.9. The van der Waals surface area contributed by atoms with Gasteiger partial charge in [-0.25, -0.2) is 0 Å². The van der Waals surface area contributed by atoms with Crippen LogP contribution in [0.5, 0.6) is 0 Å². The smallest absolute Gasteiger partial charge is 0.251 e. The molecule has 0 aromatic heterocycles. The summed E-state index contributed by atoms with van der Waals surface area (Å²) in [4.78, 5) is 24.5. The van der Waals surface area contributed by atoms with Crippen LogP contribution in [0.25, 0.3) is 11.1 Å². The summed E-state index contributed by atoms with van der Waals surface area (Å²) < 4.78 is 0. The van der Waals surface area contributed by atoms with Gasteiger partial charge in [0.1, 0.15) is 0 Å². The van der Waals surface area contributed by atoms with E-state index < -0.39 is 0 Å². The van der Waals surface area contributed by atoms with Gasteiger partial charge in [0.25, 0.3) is 5.91 Å². The molecule has 0 saturated carbocycles. The second-order valence-electron chi connectivity index (χ2n) is 12.2. The number of likely N-dealkylation sites (tertiary alicyclic amines) is 1. The molecule has 43 heavy (non-hydrogen) atoms. The number of hydrogen-bond acceptors (Lipinski definition) is 4. The third kappa shape index (κ3) is 8.17. The molecule has 5 nitrogen and oxygen atoms in total. The number of nitrogens with zero attached hydrogens (tertiary/aromatic N) is 3. The third-order valence-electron chi connectivity index (χ3n) is 8.91. The van der Waals surface area contributed by atoms with Crippen molar-refractivity contribution in [3.8, 4) is 11.1 Å². The van der Waals surface area contributed by atoms with E-state index in [9.17, 15) is 4.79 Å². The molecule has 1 amide bonds. The van der Waals surface area contributed by atoms with E-state index in [1.165, 1.54) is 35.3 Å². The number of aliphatic imine (C=N–C) groups is 2. The van der Waals surface area contributed by atoms with E-state index in [1.54, 1.807) is 7.05 Å². The van der Waals surface area contributed by atoms with Gasteiger partial charge >= 0.3 is 0 Å². The van der Waals surface area contributed by atoms with Crippen LogP contribution in [0.15, 0.2) is 94.9 Å². The lowest BCUT2D eigenvalue weighted by molar-refractivity contribution is 0.0952. The Labute approximate surface area is 257 Å². The summed E-state index contributed by atoms with van der Waals surface area (Å²) in [6.07, 6.45) is 8.48. The molecule has 0 bridgehead atoms. The number of fused-ring (bicyclic) bond motifs is 1. The van der Waals surface area contributed by atoms with Crippen LogP contribution in [0.2, 0.25) is 0 Å². The van der Waals surface area contributed by atoms with Gasteiger partial charge in [-0.3, -0.25) is 14.8 Å². The average Bonchev–Trinajstić information content (AvgIpc) is 3.04. The number of hydrogen-bond donors (Lipinski definition) is 1. The maximum absolute atomic E-state index is 12.7. The number of piperidine rings is 1. The molecule has 2 heterocycles. The number of allylic oxidation sites excluding steroid dienone is 1. The fourth-order valence-corrected chi connectivity index (χ4v) is 6.41. The third-order valence-corrected chi connectivity index (χ3v) is 8.91. The van der Waals surface area contributed by atoms with E-state index in [-0.39, 0.29) is 5.91 Å². The molecule has 5 rings (SSSR count). The van der Waals surface area contributed by atoms with E-state index in [0.717, 1.165) is 68.6 Å². The Hall–Kier alpha value is -3.83. The van der Waals surface area contributed by atoms with Crippen LogP contribution in [-0.2, 0) is 0 Å². The van der Waals surface area contributed by atoms with Crippen molar-refractivity contribution in [3.63, 3.8) is 0 Å². The topological polar surface area (TPSA) is 57.1 Å². The van der Waals surface area contributed by atoms with Crippen molar-refractivity contribution in [2.24, 2.45) is 15.9 Å². The van der Waals surface area contributed by atoms with Gasteiger partial charge in [0.05, 0.1) is 0 Å². The van der Waals surface area contributed by atoms with Gasteiger partial charge in [0, 0.05) is 49.5 Å². The standard InChI is InChI=1S/C38H46N4O/c1-28(2)10-13-34-27-41-37(36-9-5-4-8-35(34)36)32-20-24-42(25-21-32)23-7-6-22-40-38(43)33-18-16-31(17-19-33)30-14-11-29(12-15-30)26-39-3/h4-5,8-9,11-12,14-19,26,32,34H,1,6-7,10,13,20-25,27H2,2-3H3,(H,40,43). The normalized spacial score (nSPS) is 17.4. The van der Waals surface area contributed by atoms with E-state index in [1.807, 2.05) is 30.5 Å². The summed E-state index contributed by atoms with van der Waals surface area (Å²) >= 11 is 0. The minimum Gasteiger partial charge on any atom is -0.352 e. The molecule has 3 aromatic carbocycles. The zero-order valence-corrected chi connectivity index (χ0v) is 25.9. The van der Waals surface area contributed by atoms with Crippen LogP contribution in [0.3, 0.4) is 0 Å². The second-order valence-corrected chi connectivity index (χ2v) is 12.2. The molecule has 2 aliphatic heterocycles. The number of benzene rings is 3. The molecule has 224 valence electrons. The van der Waals surface area contributed by atoms with Crippen LogP contribution in [0, 0.1) is 5.92 Å². The molecule has 0 radical (unpaired) electrons. The van der Waals surface area contributed by atoms with Gasteiger partial charge in [0.2, 0.25) is 0 Å². The zero-order valence-electron chi connectivity index (χ0n) is 25.9. The highest BCUT2D eigenvalue weighted by Crippen LogP contribution is 2.34. The van der Waals surface area contributed by atoms with Crippen LogP contribution in [-0.4, -0.2) is 62.5 Å². The maximum atomic E-state index is 12.7. The summed E-state index contributed by atoms with van der Waals surface area (Å²) in [5.74, 6) is 1.07. The molecule has 1 saturated heterocycles. The first kappa shape index (κ1) is 30.6. The van der Waals surface area contributed by atoms with Crippen molar-refractivity contribution >= 4 is 17.8 Å². The van der Waals surface area contributed by atoms with Crippen LogP contribution in [0.1, 0.15) is 78.4 Å². The predicted molar refractivity (Wildman–Crippen MR) is 181 cm³/mol. The number of unbranched alkanes of at least 4 members (excludes halogenated alkanes) is 1. The van der Waals surface area contributed by atoms with Crippen LogP contribution >= 0.6 is 0 Å². The highest BCUT2D eigenvalue weighted by Gasteiger charge is 2.29. The Bertz CT molecular complexity index is 1430. The Morgan fingerprint density at radius 2 is 1.70 bits per heavy atom. The number of carbonyl (C=O) groups excluding carboxylic acids is 1. The van der Waals surface area contributed by atoms with Crippen molar-refractivity contribution < 1.29 is 4.79 Å². The van der Waals surface area contributed by atoms with E-state index in [4.69, 9.17) is 4.99 Å². The molecule has 0 spiro atoms. The summed E-state index contributed by atoms with van der Waals surface area (Å²) in [6.45, 7) is 11.2. The van der Waals surface area contributed by atoms with Gasteiger partial charge < -0.3 is 10.2 Å². The van der Waals surface area contributed by atoms with Crippen molar-refractivity contribution in [1.29, 1.82) is 0 Å². The number of rotatable bonds is 12. The minimum absolute atomic E-state index is 0.00252. The molecular weight excluding hydrogens is 528 g/mol. The van der Waals surface area contributed by atoms with E-state index in [0.29, 0.717) is 23.9 Å². The Balaban J connectivity index is 1.02. The van der Waals surface area contributed by atoms with Crippen LogP contribution < -0.4 is 5.32 Å². The number of carbonyl (C=O) groups is 1. The highest BCUT2D eigenvalue weighted by atomic mass is 16.1. The Kier molecular flexibility index (Phi) is 10.7. The number of nitrogens with one attached hydrogen (secondary N) is 1. The second kappa shape index (κ2) is 15.1. The Morgan fingerprint density at radius 1 is 1.00 bits per heavy atom. The lowest BCUT2D eigenvalue weighted by Crippen LogP contribution is -2.38. The monoisotopic (exact) mass is 574 g/mol. The number of amides is 1. The van der Waals surface area contributed by atoms with Gasteiger partial charge in [-0.2, -0.15) is 0 Å². The predicted octanol–water partition coefficient (Wildman–Crippen LogP) is 7.57. The summed E-state index contributed by atoms with van der Waals surface area (Å²) in [5.41, 5.74) is 9.49. The lowest BCUT2D eigenvalue weighted by Gasteiger charge is -2.35. The molecule has 1 fully saturated rings. The first-order chi connectivity index (χ1) is 21.0. The van der Waals surface area contributed by atoms with E-state index in [2.05, 4.69) is 77.2 Å². The van der Waals surface area contributed by atoms with Gasteiger partial charge in [-0.15, -0.1) is 6.58 Å². The lowest BCUT2D eigenvalue weighted by atomic mass is 9.80. The van der Waals surface area contributed by atoms with Gasteiger partial charge in [0.15, 0.2) is 0 Å². The molecule has 3 aromatic rings. The summed E-state index contributed by atoms with van der Waals surface area (Å²) in [5, 5.41) is 3.10. The van der Waals surface area contributed by atoms with E-state index >= 15 is 0 Å². The highest BCUT2D eigenvalue weighted by molar-refractivity contribution is 6.04. The fourth-order valence-electron chi connectivity index (χ4n) is 6.41. The van der Waals surface area contributed by atoms with Crippen molar-refractivity contribution in [2.75, 3.05) is 39.8 Å². The molecular formula is C38H46N4O. The molecule has 2 aliphatic rings. The van der Waals surface area contributed by atoms with Crippen molar-refractivity contribution in [1.82, 2.24) is 10.2 Å². The molecule has 1 unspecified atom stereocenters. The average molecular weight is 575 g/mol. The molecule has 1 atom stereocenters. The van der Waals surface area contributed by atoms with Crippen molar-refractivity contribution in [3.05, 3.63) is 107 Å². The zero-order chi connectivity index (χ0) is 30.0. The molecule has 0 aliphatic carbocycles. The first-order valence-corrected chi connectivity index (χ1v) is 15.9.